The second-order valence-electron chi connectivity index (χ2n) is 6.88. The molecule has 1 aliphatic rings. The summed E-state index contributed by atoms with van der Waals surface area (Å²) in [4.78, 5) is 14.4. The Morgan fingerprint density at radius 1 is 1.23 bits per heavy atom. The molecule has 0 radical (unpaired) electrons. The number of ether oxygens (including phenoxy) is 1. The van der Waals surface area contributed by atoms with Gasteiger partial charge in [-0.05, 0) is 52.0 Å². The highest BCUT2D eigenvalue weighted by atomic mass is 32.2. The number of nitrogens with zero attached hydrogens (tertiary/aromatic N) is 2. The van der Waals surface area contributed by atoms with E-state index in [0.29, 0.717) is 31.7 Å². The monoisotopic (exact) mass is 380 g/mol. The first-order valence-electron chi connectivity index (χ1n) is 8.84. The van der Waals surface area contributed by atoms with Crippen LogP contribution in [-0.4, -0.2) is 61.9 Å². The van der Waals surface area contributed by atoms with Crippen molar-refractivity contribution < 1.29 is 17.9 Å². The van der Waals surface area contributed by atoms with Crippen molar-refractivity contribution in [1.82, 2.24) is 9.21 Å². The minimum absolute atomic E-state index is 0.131. The molecule has 7 heteroatoms. The van der Waals surface area contributed by atoms with Crippen LogP contribution >= 0.6 is 0 Å². The fourth-order valence-corrected chi connectivity index (χ4v) is 4.67. The van der Waals surface area contributed by atoms with E-state index in [0.717, 1.165) is 5.57 Å². The molecule has 144 valence electrons. The number of benzene rings is 1. The lowest BCUT2D eigenvalue weighted by molar-refractivity contribution is -0.0440. The predicted octanol–water partition coefficient (Wildman–Crippen LogP) is 2.52. The molecule has 1 amide bonds. The van der Waals surface area contributed by atoms with Gasteiger partial charge in [-0.15, -0.1) is 0 Å². The number of rotatable bonds is 6. The number of morpholine rings is 1. The Balaban J connectivity index is 2.20. The molecule has 1 aromatic carbocycles. The Morgan fingerprint density at radius 3 is 2.23 bits per heavy atom. The maximum atomic E-state index is 12.9. The molecule has 0 N–H and O–H groups in total. The average molecular weight is 381 g/mol. The first-order valence-corrected chi connectivity index (χ1v) is 10.3. The second kappa shape index (κ2) is 8.33. The summed E-state index contributed by atoms with van der Waals surface area (Å²) in [5.41, 5.74) is 1.37. The Kier molecular flexibility index (Phi) is 6.60. The fraction of sp³-hybridized carbons (Fsp3) is 0.526. The summed E-state index contributed by atoms with van der Waals surface area (Å²) in [5.74, 6) is -0.131. The highest BCUT2D eigenvalue weighted by molar-refractivity contribution is 7.89. The zero-order valence-corrected chi connectivity index (χ0v) is 16.8. The number of amides is 1. The van der Waals surface area contributed by atoms with E-state index in [2.05, 4.69) is 6.58 Å². The van der Waals surface area contributed by atoms with Crippen LogP contribution in [0.5, 0.6) is 0 Å². The number of likely N-dealkylation sites (N-methyl/N-ethyl adjacent to an activating group) is 1. The topological polar surface area (TPSA) is 66.9 Å². The number of sulfonamides is 1. The molecule has 1 aromatic rings. The van der Waals surface area contributed by atoms with Crippen LogP contribution in [0.3, 0.4) is 0 Å². The molecule has 1 saturated heterocycles. The molecule has 1 fully saturated rings. The summed E-state index contributed by atoms with van der Waals surface area (Å²) < 4.78 is 32.8. The molecule has 0 aliphatic carbocycles. The fourth-order valence-electron chi connectivity index (χ4n) is 3.08. The first-order chi connectivity index (χ1) is 12.1. The van der Waals surface area contributed by atoms with Crippen LogP contribution in [0.2, 0.25) is 0 Å². The third-order valence-corrected chi connectivity index (χ3v) is 6.10. The Hall–Kier alpha value is -1.70. The van der Waals surface area contributed by atoms with E-state index in [9.17, 15) is 13.2 Å². The van der Waals surface area contributed by atoms with Crippen molar-refractivity contribution in [2.45, 2.75) is 44.8 Å². The zero-order valence-electron chi connectivity index (χ0n) is 15.9. The van der Waals surface area contributed by atoms with Gasteiger partial charge in [0.25, 0.3) is 5.91 Å². The van der Waals surface area contributed by atoms with Gasteiger partial charge < -0.3 is 9.64 Å². The smallest absolute Gasteiger partial charge is 0.254 e. The summed E-state index contributed by atoms with van der Waals surface area (Å²) in [5, 5.41) is 0. The third kappa shape index (κ3) is 4.72. The van der Waals surface area contributed by atoms with E-state index in [1.807, 2.05) is 27.7 Å². The van der Waals surface area contributed by atoms with Crippen molar-refractivity contribution in [2.75, 3.05) is 26.2 Å². The molecule has 0 spiro atoms. The minimum atomic E-state index is -3.60. The van der Waals surface area contributed by atoms with Gasteiger partial charge in [-0.25, -0.2) is 8.42 Å². The normalized spacial score (nSPS) is 21.4. The number of carbonyl (C=O) groups is 1. The largest absolute Gasteiger partial charge is 0.373 e. The standard InChI is InChI=1S/C19H28N2O4S/c1-6-20(11-14(2)3)19(22)17-7-9-18(10-8-17)26(23,24)21-12-15(4)25-16(5)13-21/h7-10,15-16H,2,6,11-13H2,1,3-5H3/t15-,16-/m0/s1. The highest BCUT2D eigenvalue weighted by Crippen LogP contribution is 2.22. The van der Waals surface area contributed by atoms with E-state index < -0.39 is 10.0 Å². The molecule has 1 aliphatic heterocycles. The van der Waals surface area contributed by atoms with Gasteiger partial charge in [0.05, 0.1) is 17.1 Å². The van der Waals surface area contributed by atoms with E-state index in [1.165, 1.54) is 16.4 Å². The molecule has 2 rings (SSSR count). The van der Waals surface area contributed by atoms with E-state index in [-0.39, 0.29) is 23.0 Å². The summed E-state index contributed by atoms with van der Waals surface area (Å²) in [6.45, 7) is 13.0. The van der Waals surface area contributed by atoms with Gasteiger partial charge in [-0.2, -0.15) is 4.31 Å². The van der Waals surface area contributed by atoms with Crippen LogP contribution < -0.4 is 0 Å². The van der Waals surface area contributed by atoms with Gasteiger partial charge in [0, 0.05) is 31.7 Å². The molecule has 6 nitrogen and oxygen atoms in total. The molecular weight excluding hydrogens is 352 g/mol. The Bertz CT molecular complexity index is 748. The summed E-state index contributed by atoms with van der Waals surface area (Å²) >= 11 is 0. The molecule has 0 saturated carbocycles. The predicted molar refractivity (Wildman–Crippen MR) is 102 cm³/mol. The van der Waals surface area contributed by atoms with Crippen molar-refractivity contribution >= 4 is 15.9 Å². The van der Waals surface area contributed by atoms with E-state index in [4.69, 9.17) is 4.74 Å². The van der Waals surface area contributed by atoms with Gasteiger partial charge in [-0.3, -0.25) is 4.79 Å². The first kappa shape index (κ1) is 20.6. The SMILES string of the molecule is C=C(C)CN(CC)C(=O)c1ccc(S(=O)(=O)N2C[C@H](C)O[C@@H](C)C2)cc1. The summed E-state index contributed by atoms with van der Waals surface area (Å²) in [6.07, 6.45) is -0.288. The maximum Gasteiger partial charge on any atom is 0.254 e. The van der Waals surface area contributed by atoms with Crippen LogP contribution in [0.15, 0.2) is 41.3 Å². The number of carbonyl (C=O) groups excluding carboxylic acids is 1. The zero-order chi connectivity index (χ0) is 19.5. The maximum absolute atomic E-state index is 12.9. The Labute approximate surface area is 156 Å². The van der Waals surface area contributed by atoms with Gasteiger partial charge >= 0.3 is 0 Å². The lowest BCUT2D eigenvalue weighted by Crippen LogP contribution is -2.48. The highest BCUT2D eigenvalue weighted by Gasteiger charge is 2.32. The molecule has 1 heterocycles. The molecule has 2 atom stereocenters. The van der Waals surface area contributed by atoms with Gasteiger partial charge in [0.15, 0.2) is 0 Å². The summed E-state index contributed by atoms with van der Waals surface area (Å²) in [6, 6.07) is 6.15. The van der Waals surface area contributed by atoms with Crippen molar-refractivity contribution in [3.8, 4) is 0 Å². The van der Waals surface area contributed by atoms with E-state index >= 15 is 0 Å². The van der Waals surface area contributed by atoms with Crippen LogP contribution in [0.25, 0.3) is 0 Å². The van der Waals surface area contributed by atoms with Gasteiger partial charge in [-0.1, -0.05) is 12.2 Å². The Morgan fingerprint density at radius 2 is 1.77 bits per heavy atom. The van der Waals surface area contributed by atoms with Crippen molar-refractivity contribution in [3.63, 3.8) is 0 Å². The van der Waals surface area contributed by atoms with Crippen molar-refractivity contribution in [1.29, 1.82) is 0 Å². The lowest BCUT2D eigenvalue weighted by atomic mass is 10.2. The van der Waals surface area contributed by atoms with Gasteiger partial charge in [0.1, 0.15) is 0 Å². The van der Waals surface area contributed by atoms with Crippen LogP contribution in [0.4, 0.5) is 0 Å². The van der Waals surface area contributed by atoms with Crippen LogP contribution in [0.1, 0.15) is 38.1 Å². The van der Waals surface area contributed by atoms with Crippen molar-refractivity contribution in [2.24, 2.45) is 0 Å². The lowest BCUT2D eigenvalue weighted by Gasteiger charge is -2.34. The molecule has 0 bridgehead atoms. The quantitative estimate of drug-likeness (QED) is 0.711. The average Bonchev–Trinajstić information content (AvgIpc) is 2.58. The van der Waals surface area contributed by atoms with Crippen LogP contribution in [-0.2, 0) is 14.8 Å². The van der Waals surface area contributed by atoms with Gasteiger partial charge in [0.2, 0.25) is 10.0 Å². The number of hydrogen-bond acceptors (Lipinski definition) is 4. The molecular formula is C19H28N2O4S. The van der Waals surface area contributed by atoms with Crippen molar-refractivity contribution in [3.05, 3.63) is 42.0 Å². The number of hydrogen-bond donors (Lipinski definition) is 0. The second-order valence-corrected chi connectivity index (χ2v) is 8.82. The van der Waals surface area contributed by atoms with Crippen LogP contribution in [0, 0.1) is 0 Å². The molecule has 0 aromatic heterocycles. The summed E-state index contributed by atoms with van der Waals surface area (Å²) in [7, 11) is -3.60. The minimum Gasteiger partial charge on any atom is -0.373 e. The third-order valence-electron chi connectivity index (χ3n) is 4.25. The molecule has 26 heavy (non-hydrogen) atoms. The molecule has 0 unspecified atom stereocenters. The van der Waals surface area contributed by atoms with E-state index in [1.54, 1.807) is 17.0 Å².